The van der Waals surface area contributed by atoms with E-state index in [1.54, 1.807) is 39.3 Å². The highest BCUT2D eigenvalue weighted by atomic mass is 16.5. The molecule has 1 aromatic carbocycles. The van der Waals surface area contributed by atoms with Crippen molar-refractivity contribution < 1.29 is 19.0 Å². The normalized spacial score (nSPS) is 9.59. The van der Waals surface area contributed by atoms with E-state index >= 15 is 0 Å². The molecule has 1 rings (SSSR count). The average Bonchev–Trinajstić information content (AvgIpc) is 2.36. The van der Waals surface area contributed by atoms with Crippen LogP contribution < -0.4 is 14.8 Å². The highest BCUT2D eigenvalue weighted by Gasteiger charge is 2.06. The second-order valence-corrected chi connectivity index (χ2v) is 3.23. The molecule has 0 saturated carbocycles. The Balaban J connectivity index is 2.63. The minimum absolute atomic E-state index is 0.128. The second-order valence-electron chi connectivity index (χ2n) is 3.23. The summed E-state index contributed by atoms with van der Waals surface area (Å²) in [7, 11) is 3.14. The zero-order valence-corrected chi connectivity index (χ0v) is 10.3. The summed E-state index contributed by atoms with van der Waals surface area (Å²) in [5.41, 5.74) is 0.774. The molecule has 94 valence electrons. The molecule has 5 nitrogen and oxygen atoms in total. The van der Waals surface area contributed by atoms with Gasteiger partial charge in [-0.05, 0) is 19.1 Å². The maximum atomic E-state index is 11.2. The monoisotopic (exact) mass is 239 g/mol. The third kappa shape index (κ3) is 3.86. The van der Waals surface area contributed by atoms with Crippen molar-refractivity contribution >= 4 is 11.7 Å². The molecule has 0 radical (unpaired) electrons. The number of esters is 1. The van der Waals surface area contributed by atoms with Crippen LogP contribution in [0.25, 0.3) is 0 Å². The van der Waals surface area contributed by atoms with Crippen LogP contribution in [0.5, 0.6) is 11.5 Å². The molecule has 1 aromatic rings. The molecule has 0 amide bonds. The predicted molar refractivity (Wildman–Crippen MR) is 64.7 cm³/mol. The molecule has 1 N–H and O–H groups in total. The first-order chi connectivity index (χ1) is 8.21. The van der Waals surface area contributed by atoms with Gasteiger partial charge in [-0.25, -0.2) is 0 Å². The summed E-state index contributed by atoms with van der Waals surface area (Å²) < 4.78 is 15.1. The molecule has 17 heavy (non-hydrogen) atoms. The summed E-state index contributed by atoms with van der Waals surface area (Å²) in [5.74, 6) is 0.970. The maximum Gasteiger partial charge on any atom is 0.325 e. The van der Waals surface area contributed by atoms with E-state index in [2.05, 4.69) is 5.32 Å². The zero-order chi connectivity index (χ0) is 12.7. The van der Waals surface area contributed by atoms with Crippen molar-refractivity contribution in [2.24, 2.45) is 0 Å². The van der Waals surface area contributed by atoms with Gasteiger partial charge in [0.25, 0.3) is 0 Å². The highest BCUT2D eigenvalue weighted by Crippen LogP contribution is 2.29. The molecule has 0 aromatic heterocycles. The van der Waals surface area contributed by atoms with Gasteiger partial charge in [0, 0.05) is 11.8 Å². The molecule has 0 heterocycles. The van der Waals surface area contributed by atoms with E-state index < -0.39 is 0 Å². The summed E-state index contributed by atoms with van der Waals surface area (Å²) in [4.78, 5) is 11.2. The summed E-state index contributed by atoms with van der Waals surface area (Å²) >= 11 is 0. The molecular formula is C12H17NO4. The van der Waals surface area contributed by atoms with E-state index in [-0.39, 0.29) is 12.5 Å². The summed E-state index contributed by atoms with van der Waals surface area (Å²) in [6, 6.07) is 5.34. The van der Waals surface area contributed by atoms with E-state index in [1.165, 1.54) is 0 Å². The Morgan fingerprint density at radius 1 is 1.24 bits per heavy atom. The molecule has 0 aliphatic rings. The fourth-order valence-corrected chi connectivity index (χ4v) is 1.33. The van der Waals surface area contributed by atoms with Gasteiger partial charge in [-0.3, -0.25) is 4.79 Å². The van der Waals surface area contributed by atoms with E-state index in [9.17, 15) is 4.79 Å². The van der Waals surface area contributed by atoms with Gasteiger partial charge in [0.05, 0.1) is 20.8 Å². The van der Waals surface area contributed by atoms with Gasteiger partial charge in [0.15, 0.2) is 11.5 Å². The van der Waals surface area contributed by atoms with Crippen molar-refractivity contribution in [2.75, 3.05) is 32.7 Å². The smallest absolute Gasteiger partial charge is 0.325 e. The van der Waals surface area contributed by atoms with Gasteiger partial charge < -0.3 is 19.5 Å². The van der Waals surface area contributed by atoms with Crippen molar-refractivity contribution in [2.45, 2.75) is 6.92 Å². The molecular weight excluding hydrogens is 222 g/mol. The predicted octanol–water partition coefficient (Wildman–Crippen LogP) is 1.68. The Morgan fingerprint density at radius 2 is 1.94 bits per heavy atom. The lowest BCUT2D eigenvalue weighted by Gasteiger charge is -2.10. The average molecular weight is 239 g/mol. The maximum absolute atomic E-state index is 11.2. The van der Waals surface area contributed by atoms with Crippen molar-refractivity contribution in [3.63, 3.8) is 0 Å². The number of carbonyl (C=O) groups excluding carboxylic acids is 1. The number of methoxy groups -OCH3 is 2. The van der Waals surface area contributed by atoms with Gasteiger partial charge in [-0.2, -0.15) is 0 Å². The number of rotatable bonds is 6. The molecule has 0 atom stereocenters. The molecule has 0 spiro atoms. The quantitative estimate of drug-likeness (QED) is 0.765. The highest BCUT2D eigenvalue weighted by molar-refractivity contribution is 5.75. The van der Waals surface area contributed by atoms with Crippen LogP contribution in [0.2, 0.25) is 0 Å². The Labute approximate surface area is 101 Å². The van der Waals surface area contributed by atoms with Crippen molar-refractivity contribution in [1.29, 1.82) is 0 Å². The molecule has 0 saturated heterocycles. The third-order valence-electron chi connectivity index (χ3n) is 2.13. The number of hydrogen-bond donors (Lipinski definition) is 1. The van der Waals surface area contributed by atoms with Gasteiger partial charge in [0.1, 0.15) is 6.54 Å². The van der Waals surface area contributed by atoms with E-state index in [0.717, 1.165) is 5.69 Å². The third-order valence-corrected chi connectivity index (χ3v) is 2.13. The first-order valence-electron chi connectivity index (χ1n) is 5.32. The van der Waals surface area contributed by atoms with Crippen LogP contribution in [0.3, 0.4) is 0 Å². The number of nitrogens with one attached hydrogen (secondary N) is 1. The lowest BCUT2D eigenvalue weighted by Crippen LogP contribution is -2.16. The van der Waals surface area contributed by atoms with Crippen LogP contribution in [0.4, 0.5) is 5.69 Å². The number of benzene rings is 1. The summed E-state index contributed by atoms with van der Waals surface area (Å²) in [6.45, 7) is 2.28. The van der Waals surface area contributed by atoms with Crippen LogP contribution in [0, 0.1) is 0 Å². The molecule has 0 bridgehead atoms. The van der Waals surface area contributed by atoms with Crippen LogP contribution in [-0.4, -0.2) is 33.3 Å². The molecule has 0 aliphatic heterocycles. The molecule has 0 aliphatic carbocycles. The zero-order valence-electron chi connectivity index (χ0n) is 10.3. The standard InChI is InChI=1S/C12H17NO4/c1-4-17-12(14)8-13-9-5-6-10(15-2)11(7-9)16-3/h5-7,13H,4,8H2,1-3H3. The van der Waals surface area contributed by atoms with E-state index in [0.29, 0.717) is 18.1 Å². The van der Waals surface area contributed by atoms with Crippen LogP contribution >= 0.6 is 0 Å². The first kappa shape index (κ1) is 13.2. The van der Waals surface area contributed by atoms with Crippen molar-refractivity contribution in [1.82, 2.24) is 0 Å². The fourth-order valence-electron chi connectivity index (χ4n) is 1.33. The second kappa shape index (κ2) is 6.62. The van der Waals surface area contributed by atoms with Gasteiger partial charge in [-0.15, -0.1) is 0 Å². The lowest BCUT2D eigenvalue weighted by molar-refractivity contribution is -0.140. The fraction of sp³-hybridized carbons (Fsp3) is 0.417. The van der Waals surface area contributed by atoms with E-state index in [1.807, 2.05) is 0 Å². The Morgan fingerprint density at radius 3 is 2.53 bits per heavy atom. The van der Waals surface area contributed by atoms with Crippen LogP contribution in [0.1, 0.15) is 6.92 Å². The minimum atomic E-state index is -0.290. The Kier molecular flexibility index (Phi) is 5.13. The first-order valence-corrected chi connectivity index (χ1v) is 5.32. The van der Waals surface area contributed by atoms with Crippen LogP contribution in [-0.2, 0) is 9.53 Å². The minimum Gasteiger partial charge on any atom is -0.493 e. The Bertz CT molecular complexity index is 379. The SMILES string of the molecule is CCOC(=O)CNc1ccc(OC)c(OC)c1. The number of anilines is 1. The molecule has 5 heteroatoms. The van der Waals surface area contributed by atoms with Crippen molar-refractivity contribution in [3.8, 4) is 11.5 Å². The van der Waals surface area contributed by atoms with E-state index in [4.69, 9.17) is 14.2 Å². The number of carbonyl (C=O) groups is 1. The number of ether oxygens (including phenoxy) is 3. The molecule has 0 fully saturated rings. The summed E-state index contributed by atoms with van der Waals surface area (Å²) in [5, 5.41) is 2.95. The topological polar surface area (TPSA) is 56.8 Å². The largest absolute Gasteiger partial charge is 0.493 e. The van der Waals surface area contributed by atoms with Gasteiger partial charge in [-0.1, -0.05) is 0 Å². The van der Waals surface area contributed by atoms with Crippen LogP contribution in [0.15, 0.2) is 18.2 Å². The Hall–Kier alpha value is -1.91. The molecule has 0 unspecified atom stereocenters. The van der Waals surface area contributed by atoms with Crippen molar-refractivity contribution in [3.05, 3.63) is 18.2 Å². The van der Waals surface area contributed by atoms with Gasteiger partial charge in [0.2, 0.25) is 0 Å². The summed E-state index contributed by atoms with van der Waals surface area (Å²) in [6.07, 6.45) is 0. The number of hydrogen-bond acceptors (Lipinski definition) is 5. The van der Waals surface area contributed by atoms with Gasteiger partial charge >= 0.3 is 5.97 Å². The lowest BCUT2D eigenvalue weighted by atomic mass is 10.2.